The quantitative estimate of drug-likeness (QED) is 0.269. The van der Waals surface area contributed by atoms with Gasteiger partial charge in [0.25, 0.3) is 5.91 Å². The Labute approximate surface area is 169 Å². The van der Waals surface area contributed by atoms with Crippen LogP contribution in [0, 0.1) is 0 Å². The van der Waals surface area contributed by atoms with Crippen molar-refractivity contribution >= 4 is 34.0 Å². The van der Waals surface area contributed by atoms with E-state index < -0.39 is 5.97 Å². The number of rotatable bonds is 6. The molecule has 1 aromatic heterocycles. The highest BCUT2D eigenvalue weighted by Gasteiger charge is 2.14. The van der Waals surface area contributed by atoms with Crippen molar-refractivity contribution in [2.75, 3.05) is 7.11 Å². The topological polar surface area (TPSA) is 90.1 Å². The lowest BCUT2D eigenvalue weighted by molar-refractivity contribution is 0.0696. The molecule has 0 fully saturated rings. The van der Waals surface area contributed by atoms with Gasteiger partial charge in [-0.25, -0.2) is 10.2 Å². The second-order valence-electron chi connectivity index (χ2n) is 5.49. The molecule has 3 aromatic rings. The number of nitrogens with zero attached hydrogens (tertiary/aromatic N) is 1. The van der Waals surface area contributed by atoms with Gasteiger partial charge in [0, 0.05) is 10.0 Å². The maximum Gasteiger partial charge on any atom is 0.379 e. The van der Waals surface area contributed by atoms with E-state index in [9.17, 15) is 9.59 Å². The summed E-state index contributed by atoms with van der Waals surface area (Å²) in [5.41, 5.74) is 3.57. The summed E-state index contributed by atoms with van der Waals surface area (Å²) in [7, 11) is 1.45. The van der Waals surface area contributed by atoms with Crippen LogP contribution in [0.2, 0.25) is 0 Å². The molecule has 0 aliphatic rings. The molecule has 0 saturated carbocycles. The van der Waals surface area contributed by atoms with Gasteiger partial charge in [-0.3, -0.25) is 4.79 Å². The predicted molar refractivity (Wildman–Crippen MR) is 106 cm³/mol. The number of ether oxygens (including phenoxy) is 2. The van der Waals surface area contributed by atoms with Crippen LogP contribution in [0.4, 0.5) is 0 Å². The molecule has 0 spiro atoms. The molecule has 8 heteroatoms. The molecule has 0 radical (unpaired) electrons. The first-order chi connectivity index (χ1) is 13.6. The Morgan fingerprint density at radius 2 is 1.96 bits per heavy atom. The number of hydrogen-bond acceptors (Lipinski definition) is 6. The fraction of sp³-hybridized carbons (Fsp3) is 0.0500. The molecule has 1 heterocycles. The number of methoxy groups -OCH3 is 1. The zero-order valence-electron chi connectivity index (χ0n) is 14.7. The SMILES string of the molecule is COc1cc(/C=N/NC(=O)c2cccc(Br)c2)ccc1OC(=O)c1ccco1. The van der Waals surface area contributed by atoms with E-state index in [2.05, 4.69) is 26.5 Å². The number of esters is 1. The van der Waals surface area contributed by atoms with E-state index in [-0.39, 0.29) is 17.4 Å². The Bertz CT molecular complexity index is 1020. The average molecular weight is 443 g/mol. The minimum absolute atomic E-state index is 0.0861. The van der Waals surface area contributed by atoms with Crippen molar-refractivity contribution in [2.45, 2.75) is 0 Å². The number of carbonyl (C=O) groups is 2. The first-order valence-electron chi connectivity index (χ1n) is 8.09. The largest absolute Gasteiger partial charge is 0.493 e. The number of carbonyl (C=O) groups excluding carboxylic acids is 2. The Kier molecular flexibility index (Phi) is 6.23. The second-order valence-corrected chi connectivity index (χ2v) is 6.40. The molecule has 2 aromatic carbocycles. The Morgan fingerprint density at radius 3 is 2.68 bits per heavy atom. The zero-order chi connectivity index (χ0) is 19.9. The Hall–Kier alpha value is -3.39. The third-order valence-electron chi connectivity index (χ3n) is 3.58. The fourth-order valence-corrected chi connectivity index (χ4v) is 2.65. The third kappa shape index (κ3) is 4.86. The molecule has 1 amide bonds. The lowest BCUT2D eigenvalue weighted by Crippen LogP contribution is -2.17. The van der Waals surface area contributed by atoms with Crippen LogP contribution in [0.1, 0.15) is 26.5 Å². The van der Waals surface area contributed by atoms with Crippen LogP contribution in [0.5, 0.6) is 11.5 Å². The number of nitrogens with one attached hydrogen (secondary N) is 1. The highest BCUT2D eigenvalue weighted by atomic mass is 79.9. The number of halogens is 1. The van der Waals surface area contributed by atoms with E-state index in [0.717, 1.165) is 4.47 Å². The molecular formula is C20H15BrN2O5. The summed E-state index contributed by atoms with van der Waals surface area (Å²) < 4.78 is 16.3. The van der Waals surface area contributed by atoms with Crippen LogP contribution in [0.3, 0.4) is 0 Å². The first kappa shape index (κ1) is 19.4. The number of furan rings is 1. The van der Waals surface area contributed by atoms with Crippen LogP contribution in [-0.4, -0.2) is 25.2 Å². The molecule has 0 aliphatic heterocycles. The molecular weight excluding hydrogens is 428 g/mol. The summed E-state index contributed by atoms with van der Waals surface area (Å²) in [5.74, 6) is -0.316. The van der Waals surface area contributed by atoms with Crippen molar-refractivity contribution in [3.63, 3.8) is 0 Å². The van der Waals surface area contributed by atoms with E-state index in [1.54, 1.807) is 42.5 Å². The van der Waals surface area contributed by atoms with Crippen molar-refractivity contribution in [1.82, 2.24) is 5.43 Å². The van der Waals surface area contributed by atoms with Gasteiger partial charge in [-0.05, 0) is 54.1 Å². The maximum atomic E-state index is 12.1. The predicted octanol–water partition coefficient (Wildman–Crippen LogP) is 4.03. The molecule has 3 rings (SSSR count). The normalized spacial score (nSPS) is 10.6. The van der Waals surface area contributed by atoms with E-state index in [0.29, 0.717) is 16.9 Å². The van der Waals surface area contributed by atoms with Crippen molar-refractivity contribution in [1.29, 1.82) is 0 Å². The Morgan fingerprint density at radius 1 is 1.11 bits per heavy atom. The lowest BCUT2D eigenvalue weighted by atomic mass is 10.2. The summed E-state index contributed by atoms with van der Waals surface area (Å²) in [5, 5.41) is 3.94. The van der Waals surface area contributed by atoms with Gasteiger partial charge < -0.3 is 13.9 Å². The summed E-state index contributed by atoms with van der Waals surface area (Å²) >= 11 is 3.31. The minimum atomic E-state index is -0.633. The number of hydrazone groups is 1. The van der Waals surface area contributed by atoms with Gasteiger partial charge in [0.05, 0.1) is 19.6 Å². The van der Waals surface area contributed by atoms with Gasteiger partial charge in [0.2, 0.25) is 5.76 Å². The van der Waals surface area contributed by atoms with E-state index in [1.165, 1.54) is 25.7 Å². The van der Waals surface area contributed by atoms with E-state index >= 15 is 0 Å². The number of amides is 1. The van der Waals surface area contributed by atoms with E-state index in [1.807, 2.05) is 6.07 Å². The summed E-state index contributed by atoms with van der Waals surface area (Å²) in [6, 6.07) is 14.9. The van der Waals surface area contributed by atoms with Gasteiger partial charge >= 0.3 is 5.97 Å². The first-order valence-corrected chi connectivity index (χ1v) is 8.89. The summed E-state index contributed by atoms with van der Waals surface area (Å²) in [6.07, 6.45) is 2.84. The third-order valence-corrected chi connectivity index (χ3v) is 4.07. The van der Waals surface area contributed by atoms with Crippen LogP contribution in [-0.2, 0) is 0 Å². The molecule has 0 bridgehead atoms. The number of benzene rings is 2. The molecule has 1 N–H and O–H groups in total. The molecule has 0 aliphatic carbocycles. The molecule has 0 unspecified atom stereocenters. The fourth-order valence-electron chi connectivity index (χ4n) is 2.25. The minimum Gasteiger partial charge on any atom is -0.493 e. The van der Waals surface area contributed by atoms with Gasteiger partial charge in [-0.1, -0.05) is 22.0 Å². The van der Waals surface area contributed by atoms with Crippen LogP contribution < -0.4 is 14.9 Å². The van der Waals surface area contributed by atoms with Gasteiger partial charge in [0.1, 0.15) is 0 Å². The van der Waals surface area contributed by atoms with Gasteiger partial charge in [-0.15, -0.1) is 0 Å². The molecule has 0 atom stereocenters. The zero-order valence-corrected chi connectivity index (χ0v) is 16.3. The molecule has 7 nitrogen and oxygen atoms in total. The second kappa shape index (κ2) is 9.01. The monoisotopic (exact) mass is 442 g/mol. The van der Waals surface area contributed by atoms with Gasteiger partial charge in [0.15, 0.2) is 11.5 Å². The van der Waals surface area contributed by atoms with E-state index in [4.69, 9.17) is 13.9 Å². The lowest BCUT2D eigenvalue weighted by Gasteiger charge is -2.09. The van der Waals surface area contributed by atoms with Crippen molar-refractivity contribution in [3.8, 4) is 11.5 Å². The molecule has 0 saturated heterocycles. The maximum absolute atomic E-state index is 12.1. The van der Waals surface area contributed by atoms with Crippen molar-refractivity contribution in [2.24, 2.45) is 5.10 Å². The molecule has 142 valence electrons. The highest BCUT2D eigenvalue weighted by molar-refractivity contribution is 9.10. The Balaban J connectivity index is 1.67. The average Bonchev–Trinajstić information content (AvgIpc) is 3.24. The van der Waals surface area contributed by atoms with Crippen molar-refractivity contribution < 1.29 is 23.5 Å². The van der Waals surface area contributed by atoms with Crippen LogP contribution >= 0.6 is 15.9 Å². The summed E-state index contributed by atoms with van der Waals surface area (Å²) in [6.45, 7) is 0. The number of hydrogen-bond donors (Lipinski definition) is 1. The van der Waals surface area contributed by atoms with Crippen molar-refractivity contribution in [3.05, 3.63) is 82.2 Å². The standard InChI is InChI=1S/C20H15BrN2O5/c1-26-18-10-13(7-8-16(18)28-20(25)17-6-3-9-27-17)12-22-23-19(24)14-4-2-5-15(21)11-14/h2-12H,1H3,(H,23,24)/b22-12+. The van der Waals surface area contributed by atoms with Crippen LogP contribution in [0.15, 0.2) is 74.9 Å². The smallest absolute Gasteiger partial charge is 0.379 e. The summed E-state index contributed by atoms with van der Waals surface area (Å²) in [4.78, 5) is 24.0. The van der Waals surface area contributed by atoms with Crippen LogP contribution in [0.25, 0.3) is 0 Å². The van der Waals surface area contributed by atoms with Gasteiger partial charge in [-0.2, -0.15) is 5.10 Å². The molecule has 28 heavy (non-hydrogen) atoms. The highest BCUT2D eigenvalue weighted by Crippen LogP contribution is 2.28.